The molecule has 0 aliphatic heterocycles. The third-order valence-corrected chi connectivity index (χ3v) is 3.47. The van der Waals surface area contributed by atoms with Gasteiger partial charge in [-0.3, -0.25) is 4.79 Å². The number of carbonyl (C=O) groups excluding carboxylic acids is 1. The second kappa shape index (κ2) is 6.05. The fourth-order valence-corrected chi connectivity index (χ4v) is 2.20. The number of amides is 1. The molecule has 2 rings (SSSR count). The summed E-state index contributed by atoms with van der Waals surface area (Å²) < 4.78 is 13.6. The number of halogens is 2. The Morgan fingerprint density at radius 1 is 1.25 bits per heavy atom. The second-order valence-electron chi connectivity index (χ2n) is 4.48. The van der Waals surface area contributed by atoms with Gasteiger partial charge in [0.15, 0.2) is 0 Å². The van der Waals surface area contributed by atoms with E-state index in [0.717, 1.165) is 10.0 Å². The van der Waals surface area contributed by atoms with Crippen molar-refractivity contribution >= 4 is 27.5 Å². The smallest absolute Gasteiger partial charge is 0.253 e. The van der Waals surface area contributed by atoms with Gasteiger partial charge in [0.1, 0.15) is 5.82 Å². The molecule has 5 heteroatoms. The summed E-state index contributed by atoms with van der Waals surface area (Å²) in [7, 11) is 0. The molecule has 20 heavy (non-hydrogen) atoms. The first kappa shape index (κ1) is 14.5. The summed E-state index contributed by atoms with van der Waals surface area (Å²) in [6, 6.07) is 10.9. The molecule has 0 bridgehead atoms. The molecule has 2 aromatic carbocycles. The maximum absolute atomic E-state index is 12.9. The minimum atomic E-state index is -0.302. The molecule has 3 nitrogen and oxygen atoms in total. The minimum absolute atomic E-state index is 0.235. The van der Waals surface area contributed by atoms with Gasteiger partial charge in [-0.2, -0.15) is 0 Å². The van der Waals surface area contributed by atoms with Crippen LogP contribution in [0.1, 0.15) is 28.9 Å². The number of nitrogens with one attached hydrogen (secondary N) is 1. The van der Waals surface area contributed by atoms with Crippen LogP contribution >= 0.6 is 15.9 Å². The highest BCUT2D eigenvalue weighted by molar-refractivity contribution is 9.10. The van der Waals surface area contributed by atoms with Crippen LogP contribution < -0.4 is 11.1 Å². The Hall–Kier alpha value is -1.88. The number of hydrogen-bond donors (Lipinski definition) is 2. The maximum Gasteiger partial charge on any atom is 0.253 e. The molecular weight excluding hydrogens is 323 g/mol. The van der Waals surface area contributed by atoms with Gasteiger partial charge in [0.25, 0.3) is 5.91 Å². The van der Waals surface area contributed by atoms with Crippen LogP contribution in [0.25, 0.3) is 0 Å². The lowest BCUT2D eigenvalue weighted by molar-refractivity contribution is 0.0940. The Labute approximate surface area is 125 Å². The molecule has 104 valence electrons. The third kappa shape index (κ3) is 3.36. The molecule has 0 spiro atoms. The van der Waals surface area contributed by atoms with Crippen molar-refractivity contribution in [3.8, 4) is 0 Å². The van der Waals surface area contributed by atoms with Gasteiger partial charge >= 0.3 is 0 Å². The number of anilines is 1. The fraction of sp³-hybridized carbons (Fsp3) is 0.133. The maximum atomic E-state index is 12.9. The van der Waals surface area contributed by atoms with Crippen molar-refractivity contribution in [2.75, 3.05) is 5.73 Å². The Kier molecular flexibility index (Phi) is 4.39. The largest absolute Gasteiger partial charge is 0.398 e. The van der Waals surface area contributed by atoms with Crippen LogP contribution in [0.15, 0.2) is 46.9 Å². The van der Waals surface area contributed by atoms with Crippen LogP contribution in [-0.4, -0.2) is 5.91 Å². The van der Waals surface area contributed by atoms with Crippen molar-refractivity contribution < 1.29 is 9.18 Å². The fourth-order valence-electron chi connectivity index (χ4n) is 1.83. The molecule has 3 N–H and O–H groups in total. The third-order valence-electron chi connectivity index (χ3n) is 2.98. The highest BCUT2D eigenvalue weighted by Gasteiger charge is 2.14. The molecule has 0 aliphatic carbocycles. The zero-order valence-electron chi connectivity index (χ0n) is 10.9. The first-order chi connectivity index (χ1) is 9.47. The van der Waals surface area contributed by atoms with E-state index in [-0.39, 0.29) is 17.8 Å². The molecule has 0 aliphatic rings. The zero-order chi connectivity index (χ0) is 14.7. The van der Waals surface area contributed by atoms with Crippen LogP contribution in [0, 0.1) is 5.82 Å². The molecular formula is C15H14BrFN2O. The Bertz CT molecular complexity index is 628. The van der Waals surface area contributed by atoms with Crippen LogP contribution in [0.3, 0.4) is 0 Å². The van der Waals surface area contributed by atoms with Crippen molar-refractivity contribution in [2.24, 2.45) is 0 Å². The molecule has 0 saturated heterocycles. The van der Waals surface area contributed by atoms with E-state index in [4.69, 9.17) is 5.73 Å². The monoisotopic (exact) mass is 336 g/mol. The predicted molar refractivity (Wildman–Crippen MR) is 80.8 cm³/mol. The van der Waals surface area contributed by atoms with Gasteiger partial charge in [-0.15, -0.1) is 0 Å². The lowest BCUT2D eigenvalue weighted by atomic mass is 10.1. The quantitative estimate of drug-likeness (QED) is 0.840. The van der Waals surface area contributed by atoms with Crippen LogP contribution in [0.4, 0.5) is 10.1 Å². The van der Waals surface area contributed by atoms with Crippen molar-refractivity contribution in [1.29, 1.82) is 0 Å². The van der Waals surface area contributed by atoms with E-state index in [0.29, 0.717) is 11.3 Å². The van der Waals surface area contributed by atoms with Gasteiger partial charge in [-0.05, 0) is 42.8 Å². The van der Waals surface area contributed by atoms with E-state index < -0.39 is 0 Å². The summed E-state index contributed by atoms with van der Waals surface area (Å²) >= 11 is 3.31. The van der Waals surface area contributed by atoms with Crippen molar-refractivity contribution in [3.63, 3.8) is 0 Å². The Morgan fingerprint density at radius 2 is 1.90 bits per heavy atom. The van der Waals surface area contributed by atoms with Gasteiger partial charge in [0, 0.05) is 10.2 Å². The highest BCUT2D eigenvalue weighted by atomic mass is 79.9. The van der Waals surface area contributed by atoms with Gasteiger partial charge in [0.05, 0.1) is 11.6 Å². The van der Waals surface area contributed by atoms with Crippen molar-refractivity contribution in [1.82, 2.24) is 5.32 Å². The number of benzene rings is 2. The lowest BCUT2D eigenvalue weighted by Crippen LogP contribution is -2.27. The molecule has 0 fully saturated rings. The first-order valence-corrected chi connectivity index (χ1v) is 6.88. The summed E-state index contributed by atoms with van der Waals surface area (Å²) in [4.78, 5) is 12.2. The van der Waals surface area contributed by atoms with Crippen LogP contribution in [-0.2, 0) is 0 Å². The first-order valence-electron chi connectivity index (χ1n) is 6.08. The standard InChI is InChI=1S/C15H14BrFN2O/c1-9(10-2-5-12(17)6-3-10)19-15(20)13-8-11(16)4-7-14(13)18/h2-9H,18H2,1H3,(H,19,20)/t9-/m1/s1. The normalized spacial score (nSPS) is 11.9. The van der Waals surface area contributed by atoms with E-state index in [1.54, 1.807) is 30.3 Å². The predicted octanol–water partition coefficient (Wildman–Crippen LogP) is 3.66. The van der Waals surface area contributed by atoms with E-state index in [9.17, 15) is 9.18 Å². The van der Waals surface area contributed by atoms with E-state index >= 15 is 0 Å². The van der Waals surface area contributed by atoms with E-state index in [1.807, 2.05) is 6.92 Å². The van der Waals surface area contributed by atoms with Gasteiger partial charge < -0.3 is 11.1 Å². The molecule has 1 atom stereocenters. The Morgan fingerprint density at radius 3 is 2.55 bits per heavy atom. The van der Waals surface area contributed by atoms with E-state index in [2.05, 4.69) is 21.2 Å². The molecule has 0 aromatic heterocycles. The van der Waals surface area contributed by atoms with Crippen molar-refractivity contribution in [3.05, 3.63) is 63.9 Å². The summed E-state index contributed by atoms with van der Waals surface area (Å²) in [5.74, 6) is -0.566. The number of rotatable bonds is 3. The van der Waals surface area contributed by atoms with Crippen LogP contribution in [0.2, 0.25) is 0 Å². The molecule has 2 aromatic rings. The summed E-state index contributed by atoms with van der Waals surface area (Å²) in [6.45, 7) is 1.83. The Balaban J connectivity index is 2.15. The summed E-state index contributed by atoms with van der Waals surface area (Å²) in [5, 5.41) is 2.84. The van der Waals surface area contributed by atoms with E-state index in [1.165, 1.54) is 12.1 Å². The summed E-state index contributed by atoms with van der Waals surface area (Å²) in [6.07, 6.45) is 0. The molecule has 0 saturated carbocycles. The van der Waals surface area contributed by atoms with Gasteiger partial charge in [0.2, 0.25) is 0 Å². The highest BCUT2D eigenvalue weighted by Crippen LogP contribution is 2.20. The van der Waals surface area contributed by atoms with Gasteiger partial charge in [-0.1, -0.05) is 28.1 Å². The molecule has 0 unspecified atom stereocenters. The second-order valence-corrected chi connectivity index (χ2v) is 5.39. The topological polar surface area (TPSA) is 55.1 Å². The summed E-state index contributed by atoms with van der Waals surface area (Å²) in [5.41, 5.74) is 7.44. The number of nitrogen functional groups attached to an aromatic ring is 1. The lowest BCUT2D eigenvalue weighted by Gasteiger charge is -2.15. The molecule has 0 radical (unpaired) electrons. The number of nitrogens with two attached hydrogens (primary N) is 1. The van der Waals surface area contributed by atoms with Crippen LogP contribution in [0.5, 0.6) is 0 Å². The van der Waals surface area contributed by atoms with Crippen molar-refractivity contribution in [2.45, 2.75) is 13.0 Å². The number of hydrogen-bond acceptors (Lipinski definition) is 2. The average Bonchev–Trinajstić information content (AvgIpc) is 2.42. The molecule has 0 heterocycles. The SMILES string of the molecule is C[C@@H](NC(=O)c1cc(Br)ccc1N)c1ccc(F)cc1. The zero-order valence-corrected chi connectivity index (χ0v) is 12.4. The number of carbonyl (C=O) groups is 1. The van der Waals surface area contributed by atoms with Gasteiger partial charge in [-0.25, -0.2) is 4.39 Å². The average molecular weight is 337 g/mol. The molecule has 1 amide bonds. The minimum Gasteiger partial charge on any atom is -0.398 e.